The van der Waals surface area contributed by atoms with Crippen molar-refractivity contribution in [2.45, 2.75) is 19.3 Å². The molecule has 9 nitrogen and oxygen atoms in total. The summed E-state index contributed by atoms with van der Waals surface area (Å²) in [5.41, 5.74) is 6.74. The quantitative estimate of drug-likeness (QED) is 0.337. The van der Waals surface area contributed by atoms with Gasteiger partial charge in [0.2, 0.25) is 5.82 Å². The smallest absolute Gasteiger partial charge is 0.416 e. The lowest BCUT2D eigenvalue weighted by Crippen LogP contribution is -2.45. The number of nitrogens with one attached hydrogen (secondary N) is 1. The second kappa shape index (κ2) is 10.9. The number of ether oxygens (including phenoxy) is 1. The molecule has 1 heterocycles. The number of methoxy groups -OCH3 is 1. The zero-order chi connectivity index (χ0) is 25.6. The molecule has 0 radical (unpaired) electrons. The number of rotatable bonds is 9. The molecule has 0 aliphatic heterocycles. The van der Waals surface area contributed by atoms with Gasteiger partial charge in [-0.2, -0.15) is 13.2 Å². The van der Waals surface area contributed by atoms with Gasteiger partial charge in [-0.15, -0.1) is 15.1 Å². The fourth-order valence-corrected chi connectivity index (χ4v) is 3.36. The Hall–Kier alpha value is -4.06. The fraction of sp³-hybridized carbons (Fsp3) is 0.261. The summed E-state index contributed by atoms with van der Waals surface area (Å²) in [6.07, 6.45) is -5.11. The molecule has 0 aliphatic carbocycles. The summed E-state index contributed by atoms with van der Waals surface area (Å²) in [4.78, 5) is 25.1. The van der Waals surface area contributed by atoms with Gasteiger partial charge in [-0.1, -0.05) is 12.1 Å². The first kappa shape index (κ1) is 25.6. The molecular weight excluding hydrogens is 465 g/mol. The zero-order valence-corrected chi connectivity index (χ0v) is 18.9. The number of likely N-dealkylation sites (N-methyl/N-ethyl adjacent to an activating group) is 1. The fourth-order valence-electron chi connectivity index (χ4n) is 3.36. The first-order valence-corrected chi connectivity index (χ1v) is 10.5. The second-order valence-electron chi connectivity index (χ2n) is 7.45. The number of carbonyl (C=O) groups excluding carboxylic acids is 1. The number of nitrogens with zero attached hydrogens (tertiary/aromatic N) is 4. The molecule has 0 bridgehead atoms. The van der Waals surface area contributed by atoms with Gasteiger partial charge in [0.1, 0.15) is 11.6 Å². The third-order valence-corrected chi connectivity index (χ3v) is 5.13. The van der Waals surface area contributed by atoms with Crippen LogP contribution in [-0.2, 0) is 6.18 Å². The number of hydrogen-bond acceptors (Lipinski definition) is 8. The van der Waals surface area contributed by atoms with Gasteiger partial charge in [-0.25, -0.2) is 0 Å². The molecule has 0 unspecified atom stereocenters. The Kier molecular flexibility index (Phi) is 7.97. The third kappa shape index (κ3) is 6.29. The molecular formula is C23H23F3N6O3. The summed E-state index contributed by atoms with van der Waals surface area (Å²) in [5, 5.41) is 13.0. The molecule has 1 amide bonds. The van der Waals surface area contributed by atoms with Crippen molar-refractivity contribution in [3.63, 3.8) is 0 Å². The van der Waals surface area contributed by atoms with E-state index in [0.717, 1.165) is 12.1 Å². The van der Waals surface area contributed by atoms with Crippen LogP contribution in [0.15, 0.2) is 59.8 Å². The van der Waals surface area contributed by atoms with Crippen molar-refractivity contribution in [2.75, 3.05) is 25.5 Å². The number of alkyl halides is 3. The standard InChI is InChI=1S/C23H23F3N6O3/c1-3-32(13-19(27)28-20-10-11-21(31-34)30-29-20)22(33)15-6-9-17(18(12-15)35-2)14-4-7-16(8-5-14)23(24,25)26/h4-12,19H,3,13,27H2,1-2H3,(H,28,29)/t19-/m0/s1. The molecule has 184 valence electrons. The van der Waals surface area contributed by atoms with Crippen LogP contribution in [-0.4, -0.2) is 47.4 Å². The van der Waals surface area contributed by atoms with E-state index >= 15 is 0 Å². The normalized spacial score (nSPS) is 12.1. The Morgan fingerprint density at radius 2 is 1.86 bits per heavy atom. The molecule has 0 aliphatic rings. The molecule has 12 heteroatoms. The van der Waals surface area contributed by atoms with Gasteiger partial charge in [-0.05, 0) is 60.1 Å². The minimum absolute atomic E-state index is 0.0665. The van der Waals surface area contributed by atoms with Crippen molar-refractivity contribution >= 4 is 17.5 Å². The SMILES string of the molecule is CCN(C[C@@H](N)Nc1ccc(N=O)nn1)C(=O)c1ccc(-c2ccc(C(F)(F)F)cc2)c(OC)c1. The summed E-state index contributed by atoms with van der Waals surface area (Å²) in [6.45, 7) is 2.29. The highest BCUT2D eigenvalue weighted by molar-refractivity contribution is 5.95. The van der Waals surface area contributed by atoms with Gasteiger partial charge < -0.3 is 20.7 Å². The maximum Gasteiger partial charge on any atom is 0.416 e. The Labute approximate surface area is 199 Å². The molecule has 3 rings (SSSR count). The van der Waals surface area contributed by atoms with E-state index in [9.17, 15) is 22.9 Å². The average molecular weight is 488 g/mol. The van der Waals surface area contributed by atoms with E-state index < -0.39 is 17.9 Å². The van der Waals surface area contributed by atoms with Crippen molar-refractivity contribution in [1.29, 1.82) is 0 Å². The highest BCUT2D eigenvalue weighted by Crippen LogP contribution is 2.34. The molecule has 35 heavy (non-hydrogen) atoms. The van der Waals surface area contributed by atoms with Crippen LogP contribution in [0.1, 0.15) is 22.8 Å². The number of carbonyl (C=O) groups is 1. The van der Waals surface area contributed by atoms with Crippen LogP contribution in [0.3, 0.4) is 0 Å². The van der Waals surface area contributed by atoms with Crippen LogP contribution in [0.5, 0.6) is 5.75 Å². The van der Waals surface area contributed by atoms with Gasteiger partial charge in [0, 0.05) is 17.7 Å². The number of nitroso groups, excluding NO2 is 1. The lowest BCUT2D eigenvalue weighted by molar-refractivity contribution is -0.137. The van der Waals surface area contributed by atoms with Gasteiger partial charge in [-0.3, -0.25) is 4.79 Å². The molecule has 1 atom stereocenters. The topological polar surface area (TPSA) is 123 Å². The zero-order valence-electron chi connectivity index (χ0n) is 18.9. The number of anilines is 1. The number of benzene rings is 2. The van der Waals surface area contributed by atoms with Crippen LogP contribution >= 0.6 is 0 Å². The monoisotopic (exact) mass is 488 g/mol. The molecule has 3 N–H and O–H groups in total. The first-order valence-electron chi connectivity index (χ1n) is 10.5. The number of nitrogens with two attached hydrogens (primary N) is 1. The van der Waals surface area contributed by atoms with E-state index in [4.69, 9.17) is 10.5 Å². The first-order chi connectivity index (χ1) is 16.7. The highest BCUT2D eigenvalue weighted by atomic mass is 19.4. The number of aromatic nitrogens is 2. The van der Waals surface area contributed by atoms with Gasteiger partial charge in [0.15, 0.2) is 0 Å². The van der Waals surface area contributed by atoms with E-state index in [0.29, 0.717) is 34.8 Å². The van der Waals surface area contributed by atoms with Crippen molar-refractivity contribution in [2.24, 2.45) is 10.9 Å². The molecule has 1 aromatic heterocycles. The predicted octanol–water partition coefficient (Wildman–Crippen LogP) is 4.43. The molecule has 2 aromatic carbocycles. The number of halogens is 3. The predicted molar refractivity (Wildman–Crippen MR) is 124 cm³/mol. The highest BCUT2D eigenvalue weighted by Gasteiger charge is 2.30. The molecule has 3 aromatic rings. The summed E-state index contributed by atoms with van der Waals surface area (Å²) in [5.74, 6) is 0.279. The van der Waals surface area contributed by atoms with E-state index in [1.807, 2.05) is 0 Å². The maximum absolute atomic E-state index is 13.1. The maximum atomic E-state index is 13.1. The molecule has 0 saturated carbocycles. The summed E-state index contributed by atoms with van der Waals surface area (Å²) in [6, 6.07) is 12.3. The lowest BCUT2D eigenvalue weighted by atomic mass is 10.0. The van der Waals surface area contributed by atoms with E-state index in [-0.39, 0.29) is 18.3 Å². The van der Waals surface area contributed by atoms with Crippen molar-refractivity contribution in [3.05, 3.63) is 70.6 Å². The Bertz CT molecular complexity index is 1170. The molecule has 0 saturated heterocycles. The summed E-state index contributed by atoms with van der Waals surface area (Å²) < 4.78 is 44.0. The lowest BCUT2D eigenvalue weighted by Gasteiger charge is -2.25. The van der Waals surface area contributed by atoms with Crippen LogP contribution < -0.4 is 15.8 Å². The van der Waals surface area contributed by atoms with Crippen molar-refractivity contribution < 1.29 is 22.7 Å². The Morgan fingerprint density at radius 3 is 2.40 bits per heavy atom. The Balaban J connectivity index is 1.75. The number of hydrogen-bond donors (Lipinski definition) is 2. The minimum atomic E-state index is -4.43. The van der Waals surface area contributed by atoms with Crippen LogP contribution in [0.25, 0.3) is 11.1 Å². The largest absolute Gasteiger partial charge is 0.496 e. The minimum Gasteiger partial charge on any atom is -0.496 e. The van der Waals surface area contributed by atoms with Gasteiger partial charge >= 0.3 is 6.18 Å². The van der Waals surface area contributed by atoms with Crippen molar-refractivity contribution in [3.8, 4) is 16.9 Å². The third-order valence-electron chi connectivity index (χ3n) is 5.13. The van der Waals surface area contributed by atoms with Crippen LogP contribution in [0.4, 0.5) is 24.8 Å². The molecule has 0 fully saturated rings. The Morgan fingerprint density at radius 1 is 1.14 bits per heavy atom. The van der Waals surface area contributed by atoms with E-state index in [1.54, 1.807) is 19.1 Å². The van der Waals surface area contributed by atoms with Gasteiger partial charge in [0.05, 0.1) is 25.4 Å². The number of amides is 1. The van der Waals surface area contributed by atoms with Gasteiger partial charge in [0.25, 0.3) is 5.91 Å². The van der Waals surface area contributed by atoms with Crippen LogP contribution in [0.2, 0.25) is 0 Å². The van der Waals surface area contributed by atoms with E-state index in [2.05, 4.69) is 20.7 Å². The second-order valence-corrected chi connectivity index (χ2v) is 7.45. The van der Waals surface area contributed by atoms with E-state index in [1.165, 1.54) is 42.3 Å². The summed E-state index contributed by atoms with van der Waals surface area (Å²) >= 11 is 0. The molecule has 0 spiro atoms. The van der Waals surface area contributed by atoms with Crippen LogP contribution in [0, 0.1) is 4.91 Å². The average Bonchev–Trinajstić information content (AvgIpc) is 2.86. The summed E-state index contributed by atoms with van der Waals surface area (Å²) in [7, 11) is 1.42. The van der Waals surface area contributed by atoms with Crippen molar-refractivity contribution in [1.82, 2.24) is 15.1 Å².